The van der Waals surface area contributed by atoms with Crippen LogP contribution >= 0.6 is 11.8 Å². The number of fused-ring (bicyclic) bond motifs is 1. The minimum atomic E-state index is 0.104. The van der Waals surface area contributed by atoms with E-state index in [0.29, 0.717) is 0 Å². The molecule has 1 atom stereocenters. The summed E-state index contributed by atoms with van der Waals surface area (Å²) >= 11 is 6.27. The van der Waals surface area contributed by atoms with Crippen LogP contribution in [0.3, 0.4) is 0 Å². The molecule has 2 aliphatic heterocycles. The molecular formula is C7H10ClN4+. The average molecular weight is 186 g/mol. The van der Waals surface area contributed by atoms with Gasteiger partial charge in [0.15, 0.2) is 6.20 Å². The van der Waals surface area contributed by atoms with Gasteiger partial charge >= 0.3 is 0 Å². The highest BCUT2D eigenvalue weighted by Crippen LogP contribution is 2.30. The zero-order valence-corrected chi connectivity index (χ0v) is 7.73. The van der Waals surface area contributed by atoms with E-state index < -0.39 is 0 Å². The Bertz CT molecular complexity index is 294. The van der Waals surface area contributed by atoms with Gasteiger partial charge < -0.3 is 0 Å². The molecule has 2 aliphatic rings. The van der Waals surface area contributed by atoms with Crippen molar-refractivity contribution in [2.24, 2.45) is 4.99 Å². The SMILES string of the molecule is CN(C)N1C=CC2=NC=C[N+]21Cl. The molecule has 0 N–H and O–H groups in total. The first-order valence-electron chi connectivity index (χ1n) is 3.64. The van der Waals surface area contributed by atoms with Gasteiger partial charge in [-0.15, -0.1) is 5.12 Å². The highest BCUT2D eigenvalue weighted by molar-refractivity contribution is 6.16. The van der Waals surface area contributed by atoms with Gasteiger partial charge in [-0.05, 0) is 4.11 Å². The third-order valence-electron chi connectivity index (χ3n) is 1.86. The highest BCUT2D eigenvalue weighted by Gasteiger charge is 2.45. The second kappa shape index (κ2) is 2.32. The van der Waals surface area contributed by atoms with E-state index in [1.165, 1.54) is 0 Å². The Morgan fingerprint density at radius 3 is 3.00 bits per heavy atom. The molecule has 0 fully saturated rings. The number of amidine groups is 1. The Hall–Kier alpha value is -0.840. The zero-order valence-electron chi connectivity index (χ0n) is 6.98. The molecule has 0 aromatic carbocycles. The van der Waals surface area contributed by atoms with Crippen LogP contribution in [0.25, 0.3) is 0 Å². The molecular weight excluding hydrogens is 176 g/mol. The molecule has 0 saturated carbocycles. The highest BCUT2D eigenvalue weighted by atomic mass is 35.5. The summed E-state index contributed by atoms with van der Waals surface area (Å²) in [5.74, 6) is 0.824. The molecule has 1 unspecified atom stereocenters. The van der Waals surface area contributed by atoms with Crippen LogP contribution in [-0.2, 0) is 0 Å². The number of hydrogen-bond acceptors (Lipinski definition) is 3. The summed E-state index contributed by atoms with van der Waals surface area (Å²) in [5.41, 5.74) is 0. The third kappa shape index (κ3) is 0.827. The van der Waals surface area contributed by atoms with Crippen molar-refractivity contribution in [3.05, 3.63) is 24.7 Å². The summed E-state index contributed by atoms with van der Waals surface area (Å²) in [5, 5.41) is 3.77. The fourth-order valence-corrected chi connectivity index (χ4v) is 1.64. The van der Waals surface area contributed by atoms with Gasteiger partial charge in [0.25, 0.3) is 5.84 Å². The minimum absolute atomic E-state index is 0.104. The summed E-state index contributed by atoms with van der Waals surface area (Å²) in [7, 11) is 3.86. The van der Waals surface area contributed by atoms with Crippen LogP contribution in [0.4, 0.5) is 0 Å². The average Bonchev–Trinajstić information content (AvgIpc) is 2.42. The first-order valence-corrected chi connectivity index (χ1v) is 3.98. The molecule has 0 radical (unpaired) electrons. The topological polar surface area (TPSA) is 18.8 Å². The van der Waals surface area contributed by atoms with Gasteiger partial charge in [0.05, 0.1) is 12.4 Å². The molecule has 0 amide bonds. The van der Waals surface area contributed by atoms with E-state index in [2.05, 4.69) is 4.99 Å². The number of hydrazine groups is 1. The fourth-order valence-electron chi connectivity index (χ4n) is 1.30. The van der Waals surface area contributed by atoms with Crippen LogP contribution < -0.4 is 0 Å². The Balaban J connectivity index is 2.37. The summed E-state index contributed by atoms with van der Waals surface area (Å²) in [4.78, 5) is 4.12. The van der Waals surface area contributed by atoms with Gasteiger partial charge in [0.2, 0.25) is 11.8 Å². The van der Waals surface area contributed by atoms with Crippen LogP contribution in [-0.4, -0.2) is 34.2 Å². The predicted molar refractivity (Wildman–Crippen MR) is 47.4 cm³/mol. The molecule has 0 spiro atoms. The first kappa shape index (κ1) is 7.79. The molecule has 5 heteroatoms. The quantitative estimate of drug-likeness (QED) is 0.569. The number of hydrogen-bond donors (Lipinski definition) is 0. The molecule has 0 bridgehead atoms. The first-order chi connectivity index (χ1) is 5.64. The lowest BCUT2D eigenvalue weighted by molar-refractivity contribution is -0.816. The second-order valence-corrected chi connectivity index (χ2v) is 3.39. The van der Waals surface area contributed by atoms with Crippen molar-refractivity contribution < 1.29 is 4.11 Å². The number of aliphatic imine (C=N–C) groups is 1. The van der Waals surface area contributed by atoms with E-state index in [-0.39, 0.29) is 4.11 Å². The Kier molecular flexibility index (Phi) is 1.51. The molecule has 0 saturated heterocycles. The van der Waals surface area contributed by atoms with Crippen LogP contribution in [0.2, 0.25) is 0 Å². The standard InChI is InChI=1S/C7H10ClN4/c1-10(2)11-5-3-7-9-4-6-12(7,11)8/h3-6H,1-2H3/q+1. The van der Waals surface area contributed by atoms with Crippen molar-refractivity contribution >= 4 is 17.6 Å². The van der Waals surface area contributed by atoms with E-state index in [4.69, 9.17) is 11.8 Å². The Labute approximate surface area is 76.3 Å². The Morgan fingerprint density at radius 2 is 2.33 bits per heavy atom. The van der Waals surface area contributed by atoms with E-state index in [9.17, 15) is 0 Å². The van der Waals surface area contributed by atoms with E-state index >= 15 is 0 Å². The van der Waals surface area contributed by atoms with Crippen LogP contribution in [0.5, 0.6) is 0 Å². The maximum absolute atomic E-state index is 6.27. The number of nitrogens with zero attached hydrogens (tertiary/aromatic N) is 4. The summed E-state index contributed by atoms with van der Waals surface area (Å²) < 4.78 is 0.104. The lowest BCUT2D eigenvalue weighted by atomic mass is 10.6. The van der Waals surface area contributed by atoms with Gasteiger partial charge in [0, 0.05) is 20.2 Å². The van der Waals surface area contributed by atoms with Crippen molar-refractivity contribution in [1.82, 2.24) is 10.1 Å². The zero-order chi connectivity index (χ0) is 8.77. The molecule has 2 heterocycles. The number of rotatable bonds is 1. The van der Waals surface area contributed by atoms with Gasteiger partial charge in [-0.25, -0.2) is 0 Å². The van der Waals surface area contributed by atoms with E-state index in [1.807, 2.05) is 42.7 Å². The maximum atomic E-state index is 6.27. The van der Waals surface area contributed by atoms with Crippen molar-refractivity contribution in [3.63, 3.8) is 0 Å². The van der Waals surface area contributed by atoms with E-state index in [1.54, 1.807) is 6.20 Å². The van der Waals surface area contributed by atoms with Crippen LogP contribution in [0.1, 0.15) is 0 Å². The summed E-state index contributed by atoms with van der Waals surface area (Å²) in [6.45, 7) is 0. The lowest BCUT2D eigenvalue weighted by Gasteiger charge is -2.31. The molecule has 0 aromatic heterocycles. The van der Waals surface area contributed by atoms with Gasteiger partial charge in [0.1, 0.15) is 0 Å². The molecule has 12 heavy (non-hydrogen) atoms. The van der Waals surface area contributed by atoms with E-state index in [0.717, 1.165) is 5.84 Å². The molecule has 0 aromatic rings. The third-order valence-corrected chi connectivity index (χ3v) is 2.30. The molecule has 64 valence electrons. The van der Waals surface area contributed by atoms with Gasteiger partial charge in [-0.2, -0.15) is 10.0 Å². The van der Waals surface area contributed by atoms with Gasteiger partial charge in [-0.3, -0.25) is 0 Å². The molecule has 4 nitrogen and oxygen atoms in total. The summed E-state index contributed by atoms with van der Waals surface area (Å²) in [6.07, 6.45) is 7.32. The van der Waals surface area contributed by atoms with Crippen LogP contribution in [0.15, 0.2) is 29.7 Å². The molecule has 2 rings (SSSR count). The second-order valence-electron chi connectivity index (χ2n) is 2.87. The predicted octanol–water partition coefficient (Wildman–Crippen LogP) is 1.06. The van der Waals surface area contributed by atoms with Crippen molar-refractivity contribution in [2.75, 3.05) is 14.1 Å². The maximum Gasteiger partial charge on any atom is 0.279 e. The fraction of sp³-hybridized carbons (Fsp3) is 0.286. The summed E-state index contributed by atoms with van der Waals surface area (Å²) in [6, 6.07) is 0. The van der Waals surface area contributed by atoms with Crippen molar-refractivity contribution in [1.29, 1.82) is 0 Å². The lowest BCUT2D eigenvalue weighted by Crippen LogP contribution is -2.50. The largest absolute Gasteiger partial charge is 0.279 e. The minimum Gasteiger partial charge on any atom is -0.195 e. The number of quaternary nitrogens is 1. The van der Waals surface area contributed by atoms with Crippen molar-refractivity contribution in [2.45, 2.75) is 0 Å². The Morgan fingerprint density at radius 1 is 1.58 bits per heavy atom. The molecule has 0 aliphatic carbocycles. The normalized spacial score (nSPS) is 31.7. The van der Waals surface area contributed by atoms with Gasteiger partial charge in [-0.1, -0.05) is 0 Å². The monoisotopic (exact) mass is 185 g/mol. The number of halogens is 1. The van der Waals surface area contributed by atoms with Crippen molar-refractivity contribution in [3.8, 4) is 0 Å². The van der Waals surface area contributed by atoms with Crippen LogP contribution in [0, 0.1) is 0 Å². The smallest absolute Gasteiger partial charge is 0.195 e.